The molecule has 123 valence electrons. The van der Waals surface area contributed by atoms with Gasteiger partial charge in [-0.3, -0.25) is 0 Å². The molecule has 1 aromatic carbocycles. The molecular weight excluding hydrogens is 287 g/mol. The van der Waals surface area contributed by atoms with Crippen molar-refractivity contribution in [1.29, 1.82) is 0 Å². The van der Waals surface area contributed by atoms with E-state index in [0.29, 0.717) is 0 Å². The van der Waals surface area contributed by atoms with Gasteiger partial charge in [0.1, 0.15) is 0 Å². The molecule has 0 heterocycles. The zero-order valence-electron chi connectivity index (χ0n) is 15.5. The molecule has 0 saturated heterocycles. The van der Waals surface area contributed by atoms with Crippen LogP contribution in [0.15, 0.2) is 30.3 Å². The number of allylic oxidation sites excluding steroid dienone is 2. The Bertz CT molecular complexity index is 473. The fourth-order valence-electron chi connectivity index (χ4n) is 1.64. The second-order valence-electron chi connectivity index (χ2n) is 6.23. The van der Waals surface area contributed by atoms with Crippen LogP contribution in [0.1, 0.15) is 67.4 Å². The zero-order chi connectivity index (χ0) is 17.4. The molecule has 0 atom stereocenters. The first-order valence-corrected chi connectivity index (χ1v) is 8.62. The van der Waals surface area contributed by atoms with Gasteiger partial charge in [0.25, 0.3) is 0 Å². The van der Waals surface area contributed by atoms with E-state index >= 15 is 0 Å². The van der Waals surface area contributed by atoms with Crippen molar-refractivity contribution >= 4 is 31.1 Å². The Morgan fingerprint density at radius 3 is 2.32 bits per heavy atom. The summed E-state index contributed by atoms with van der Waals surface area (Å²) in [6.45, 7) is 16.5. The van der Waals surface area contributed by atoms with Crippen molar-refractivity contribution in [2.24, 2.45) is 0 Å². The minimum atomic E-state index is -0.333. The summed E-state index contributed by atoms with van der Waals surface area (Å²) in [6, 6.07) is 8.41. The minimum Gasteiger partial charge on any atom is -0.428 e. The lowest BCUT2D eigenvalue weighted by molar-refractivity contribution is 0.0854. The molecule has 0 bridgehead atoms. The first-order valence-electron chi connectivity index (χ1n) is 8.18. The van der Waals surface area contributed by atoms with Crippen molar-refractivity contribution in [3.05, 3.63) is 35.9 Å². The third kappa shape index (κ3) is 6.62. The van der Waals surface area contributed by atoms with Crippen molar-refractivity contribution in [3.8, 4) is 0 Å². The molecule has 1 aromatic rings. The Labute approximate surface area is 144 Å². The molecule has 0 saturated carbocycles. The first-order chi connectivity index (χ1) is 10.2. The van der Waals surface area contributed by atoms with Gasteiger partial charge in [-0.25, -0.2) is 0 Å². The van der Waals surface area contributed by atoms with Gasteiger partial charge in [0.05, 0.1) is 5.60 Å². The summed E-state index contributed by atoms with van der Waals surface area (Å²) < 4.78 is 5.74. The highest BCUT2D eigenvalue weighted by molar-refractivity contribution is 7.81. The van der Waals surface area contributed by atoms with Crippen molar-refractivity contribution in [1.82, 2.24) is 0 Å². The molecular formula is C19H32BOS. The molecule has 0 aliphatic carbocycles. The largest absolute Gasteiger partial charge is 0.428 e. The Kier molecular flexibility index (Phi) is 9.18. The molecule has 0 spiro atoms. The van der Waals surface area contributed by atoms with E-state index in [1.807, 2.05) is 21.3 Å². The van der Waals surface area contributed by atoms with Gasteiger partial charge in [0.15, 0.2) is 0 Å². The Morgan fingerprint density at radius 2 is 1.82 bits per heavy atom. The van der Waals surface area contributed by atoms with Crippen molar-refractivity contribution in [2.75, 3.05) is 0 Å². The molecule has 1 radical (unpaired) electrons. The van der Waals surface area contributed by atoms with E-state index < -0.39 is 0 Å². The van der Waals surface area contributed by atoms with Gasteiger partial charge >= 0.3 is 7.48 Å². The van der Waals surface area contributed by atoms with Crippen molar-refractivity contribution < 1.29 is 4.65 Å². The van der Waals surface area contributed by atoms with Gasteiger partial charge in [0, 0.05) is 4.75 Å². The second-order valence-corrected chi connectivity index (χ2v) is 7.34. The van der Waals surface area contributed by atoms with Crippen LogP contribution >= 0.6 is 12.6 Å². The lowest BCUT2D eigenvalue weighted by Crippen LogP contribution is -2.45. The number of hydrogen-bond acceptors (Lipinski definition) is 2. The molecule has 0 aliphatic rings. The monoisotopic (exact) mass is 319 g/mol. The second kappa shape index (κ2) is 9.47. The lowest BCUT2D eigenvalue weighted by Gasteiger charge is -2.38. The highest BCUT2D eigenvalue weighted by Gasteiger charge is 2.34. The molecule has 0 N–H and O–H groups in total. The van der Waals surface area contributed by atoms with Crippen LogP contribution in [-0.2, 0) is 4.65 Å². The van der Waals surface area contributed by atoms with Gasteiger partial charge in [0.2, 0.25) is 0 Å². The summed E-state index contributed by atoms with van der Waals surface area (Å²) >= 11 is 4.61. The summed E-state index contributed by atoms with van der Waals surface area (Å²) in [5, 5.41) is 0. The normalized spacial score (nSPS) is 12.5. The predicted octanol–water partition coefficient (Wildman–Crippen LogP) is 5.27. The minimum absolute atomic E-state index is 0.209. The maximum Gasteiger partial charge on any atom is 0.330 e. The van der Waals surface area contributed by atoms with Crippen LogP contribution in [0.4, 0.5) is 0 Å². The van der Waals surface area contributed by atoms with E-state index in [-0.39, 0.29) is 10.3 Å². The van der Waals surface area contributed by atoms with Crippen LogP contribution < -0.4 is 5.46 Å². The Hall–Kier alpha value is -0.665. The zero-order valence-corrected chi connectivity index (χ0v) is 16.4. The Balaban J connectivity index is 0.00000211. The van der Waals surface area contributed by atoms with E-state index in [0.717, 1.165) is 11.9 Å². The SMILES string of the molecule is CC.CCC=C(C)c1cccc([B]OC(C)(C)C(C)(C)S)c1. The fourth-order valence-corrected chi connectivity index (χ4v) is 1.69. The van der Waals surface area contributed by atoms with Crippen LogP contribution in [0.2, 0.25) is 0 Å². The third-order valence-corrected chi connectivity index (χ3v) is 4.35. The van der Waals surface area contributed by atoms with Crippen LogP contribution in [0, 0.1) is 0 Å². The maximum atomic E-state index is 5.95. The topological polar surface area (TPSA) is 9.23 Å². The van der Waals surface area contributed by atoms with Crippen molar-refractivity contribution in [2.45, 2.75) is 72.2 Å². The summed E-state index contributed by atoms with van der Waals surface area (Å²) in [7, 11) is 1.83. The van der Waals surface area contributed by atoms with Gasteiger partial charge in [-0.05, 0) is 52.2 Å². The molecule has 1 rings (SSSR count). The molecule has 0 fully saturated rings. The van der Waals surface area contributed by atoms with Crippen LogP contribution in [0.25, 0.3) is 5.57 Å². The predicted molar refractivity (Wildman–Crippen MR) is 105 cm³/mol. The van der Waals surface area contributed by atoms with Gasteiger partial charge in [-0.15, -0.1) is 0 Å². The van der Waals surface area contributed by atoms with E-state index in [4.69, 9.17) is 4.65 Å². The number of thiol groups is 1. The summed E-state index contributed by atoms with van der Waals surface area (Å²) in [4.78, 5) is 0. The number of hydrogen-bond donors (Lipinski definition) is 1. The van der Waals surface area contributed by atoms with Gasteiger partial charge < -0.3 is 4.65 Å². The molecule has 1 nitrogen and oxygen atoms in total. The summed E-state index contributed by atoms with van der Waals surface area (Å²) in [5.74, 6) is 0. The van der Waals surface area contributed by atoms with Crippen molar-refractivity contribution in [3.63, 3.8) is 0 Å². The fraction of sp³-hybridized carbons (Fsp3) is 0.579. The molecule has 0 amide bonds. The van der Waals surface area contributed by atoms with Crippen LogP contribution in [0.3, 0.4) is 0 Å². The maximum absolute atomic E-state index is 5.95. The van der Waals surface area contributed by atoms with E-state index in [1.54, 1.807) is 0 Å². The smallest absolute Gasteiger partial charge is 0.330 e. The summed E-state index contributed by atoms with van der Waals surface area (Å²) in [5.41, 5.74) is 3.29. The average molecular weight is 319 g/mol. The summed E-state index contributed by atoms with van der Waals surface area (Å²) in [6.07, 6.45) is 3.29. The third-order valence-electron chi connectivity index (χ3n) is 3.82. The molecule has 22 heavy (non-hydrogen) atoms. The lowest BCUT2D eigenvalue weighted by atomic mass is 9.83. The van der Waals surface area contributed by atoms with Gasteiger partial charge in [-0.1, -0.05) is 56.6 Å². The van der Waals surface area contributed by atoms with Crippen LogP contribution in [0.5, 0.6) is 0 Å². The van der Waals surface area contributed by atoms with E-state index in [9.17, 15) is 0 Å². The Morgan fingerprint density at radius 1 is 1.23 bits per heavy atom. The molecule has 3 heteroatoms. The molecule has 0 aliphatic heterocycles. The van der Waals surface area contributed by atoms with Crippen LogP contribution in [-0.4, -0.2) is 17.8 Å². The highest BCUT2D eigenvalue weighted by Crippen LogP contribution is 2.30. The number of benzene rings is 1. The van der Waals surface area contributed by atoms with E-state index in [1.165, 1.54) is 11.1 Å². The first kappa shape index (κ1) is 21.3. The van der Waals surface area contributed by atoms with Gasteiger partial charge in [-0.2, -0.15) is 12.6 Å². The molecule has 0 unspecified atom stereocenters. The highest BCUT2D eigenvalue weighted by atomic mass is 32.1. The molecule has 0 aromatic heterocycles. The standard InChI is InChI=1S/C17H26BOS.C2H6/c1-7-9-13(2)14-10-8-11-15(12-14)18-19-16(3,4)17(5,6)20;1-2/h8-12,20H,7H2,1-6H3;1-2H3. The quantitative estimate of drug-likeness (QED) is 0.555. The number of rotatable bonds is 6. The van der Waals surface area contributed by atoms with E-state index in [2.05, 4.69) is 84.5 Å². The average Bonchev–Trinajstić information content (AvgIpc) is 2.47.